The predicted molar refractivity (Wildman–Crippen MR) is 90.5 cm³/mol. The highest BCUT2D eigenvalue weighted by Gasteiger charge is 2.34. The fourth-order valence-corrected chi connectivity index (χ4v) is 3.49. The summed E-state index contributed by atoms with van der Waals surface area (Å²) in [6.45, 7) is 2.55. The van der Waals surface area contributed by atoms with E-state index in [9.17, 15) is 9.59 Å². The zero-order valence-corrected chi connectivity index (χ0v) is 13.5. The van der Waals surface area contributed by atoms with Crippen LogP contribution in [-0.4, -0.2) is 27.2 Å². The van der Waals surface area contributed by atoms with E-state index in [1.54, 1.807) is 0 Å². The molecule has 1 fully saturated rings. The maximum absolute atomic E-state index is 12.4. The number of para-hydroxylation sites is 1. The van der Waals surface area contributed by atoms with Gasteiger partial charge in [-0.25, -0.2) is 0 Å². The molecule has 114 valence electrons. The SMILES string of the molecule is CCCCN1C(=O)SC(=Cc2cn(C)c3ccccc23)C1=O. The van der Waals surface area contributed by atoms with Crippen LogP contribution in [0.3, 0.4) is 0 Å². The van der Waals surface area contributed by atoms with Gasteiger partial charge in [0.15, 0.2) is 0 Å². The molecule has 0 atom stereocenters. The second-order valence-electron chi connectivity index (χ2n) is 5.40. The molecule has 0 aliphatic carbocycles. The number of aromatic nitrogens is 1. The van der Waals surface area contributed by atoms with Gasteiger partial charge < -0.3 is 4.57 Å². The lowest BCUT2D eigenvalue weighted by molar-refractivity contribution is -0.122. The van der Waals surface area contributed by atoms with E-state index in [1.807, 2.05) is 55.1 Å². The van der Waals surface area contributed by atoms with Crippen LogP contribution in [0.15, 0.2) is 35.4 Å². The number of imide groups is 1. The summed E-state index contributed by atoms with van der Waals surface area (Å²) in [6, 6.07) is 8.04. The van der Waals surface area contributed by atoms with E-state index >= 15 is 0 Å². The Morgan fingerprint density at radius 3 is 2.77 bits per heavy atom. The molecule has 22 heavy (non-hydrogen) atoms. The molecule has 2 heterocycles. The van der Waals surface area contributed by atoms with Crippen molar-refractivity contribution in [2.75, 3.05) is 6.54 Å². The quantitative estimate of drug-likeness (QED) is 0.801. The Morgan fingerprint density at radius 2 is 2.00 bits per heavy atom. The Labute approximate surface area is 133 Å². The first-order chi connectivity index (χ1) is 10.6. The van der Waals surface area contributed by atoms with Gasteiger partial charge in [-0.3, -0.25) is 14.5 Å². The summed E-state index contributed by atoms with van der Waals surface area (Å²) in [7, 11) is 1.98. The molecule has 5 heteroatoms. The molecule has 2 amide bonds. The standard InChI is InChI=1S/C17H18N2O2S/c1-3-4-9-19-16(20)15(22-17(19)21)10-12-11-18(2)14-8-6-5-7-13(12)14/h5-8,10-11H,3-4,9H2,1-2H3. The number of thioether (sulfide) groups is 1. The van der Waals surface area contributed by atoms with Gasteiger partial charge in [0, 0.05) is 36.3 Å². The zero-order chi connectivity index (χ0) is 15.7. The summed E-state index contributed by atoms with van der Waals surface area (Å²) in [5, 5.41) is 0.926. The molecule has 1 aromatic heterocycles. The van der Waals surface area contributed by atoms with Crippen LogP contribution in [-0.2, 0) is 11.8 Å². The van der Waals surface area contributed by atoms with Crippen molar-refractivity contribution in [3.63, 3.8) is 0 Å². The van der Waals surface area contributed by atoms with Gasteiger partial charge in [0.05, 0.1) is 4.91 Å². The average Bonchev–Trinajstić information content (AvgIpc) is 2.96. The van der Waals surface area contributed by atoms with Crippen molar-refractivity contribution in [2.45, 2.75) is 19.8 Å². The molecular formula is C17H18N2O2S. The van der Waals surface area contributed by atoms with Crippen LogP contribution in [0.1, 0.15) is 25.3 Å². The number of benzene rings is 1. The molecular weight excluding hydrogens is 296 g/mol. The number of rotatable bonds is 4. The maximum atomic E-state index is 12.4. The summed E-state index contributed by atoms with van der Waals surface area (Å²) in [6.07, 6.45) is 5.63. The van der Waals surface area contributed by atoms with Crippen LogP contribution in [0.4, 0.5) is 4.79 Å². The molecule has 3 rings (SSSR count). The Hall–Kier alpha value is -2.01. The highest BCUT2D eigenvalue weighted by Crippen LogP contribution is 2.34. The fourth-order valence-electron chi connectivity index (χ4n) is 2.64. The second kappa shape index (κ2) is 6.01. The van der Waals surface area contributed by atoms with E-state index in [1.165, 1.54) is 4.90 Å². The lowest BCUT2D eigenvalue weighted by atomic mass is 10.1. The lowest BCUT2D eigenvalue weighted by Gasteiger charge is -2.10. The van der Waals surface area contributed by atoms with Crippen LogP contribution >= 0.6 is 11.8 Å². The molecule has 0 N–H and O–H groups in total. The number of hydrogen-bond acceptors (Lipinski definition) is 3. The molecule has 2 aromatic rings. The van der Waals surface area contributed by atoms with Gasteiger partial charge in [-0.05, 0) is 30.3 Å². The summed E-state index contributed by atoms with van der Waals surface area (Å²) >= 11 is 1.03. The number of carbonyl (C=O) groups excluding carboxylic acids is 2. The minimum Gasteiger partial charge on any atom is -0.350 e. The van der Waals surface area contributed by atoms with E-state index in [4.69, 9.17) is 0 Å². The summed E-state index contributed by atoms with van der Waals surface area (Å²) in [4.78, 5) is 26.2. The Morgan fingerprint density at radius 1 is 1.23 bits per heavy atom. The molecule has 0 spiro atoms. The second-order valence-corrected chi connectivity index (χ2v) is 6.39. The Balaban J connectivity index is 1.95. The normalized spacial score (nSPS) is 17.2. The van der Waals surface area contributed by atoms with Crippen molar-refractivity contribution in [3.8, 4) is 0 Å². The van der Waals surface area contributed by atoms with Gasteiger partial charge in [0.2, 0.25) is 0 Å². The van der Waals surface area contributed by atoms with Crippen LogP contribution in [0.2, 0.25) is 0 Å². The highest BCUT2D eigenvalue weighted by molar-refractivity contribution is 8.18. The summed E-state index contributed by atoms with van der Waals surface area (Å²) in [5.41, 5.74) is 2.08. The van der Waals surface area contributed by atoms with Crippen LogP contribution in [0, 0.1) is 0 Å². The molecule has 1 aromatic carbocycles. The molecule has 1 saturated heterocycles. The van der Waals surface area contributed by atoms with E-state index in [0.717, 1.165) is 41.1 Å². The minimum atomic E-state index is -0.170. The third kappa shape index (κ3) is 2.57. The predicted octanol–water partition coefficient (Wildman–Crippen LogP) is 4.01. The first-order valence-electron chi connectivity index (χ1n) is 7.41. The van der Waals surface area contributed by atoms with Gasteiger partial charge in [0.25, 0.3) is 11.1 Å². The molecule has 0 saturated carbocycles. The van der Waals surface area contributed by atoms with Crippen molar-refractivity contribution in [3.05, 3.63) is 40.9 Å². The van der Waals surface area contributed by atoms with Crippen LogP contribution in [0.25, 0.3) is 17.0 Å². The minimum absolute atomic E-state index is 0.162. The number of unbranched alkanes of at least 4 members (excludes halogenated alkanes) is 1. The third-order valence-electron chi connectivity index (χ3n) is 3.82. The van der Waals surface area contributed by atoms with Crippen LogP contribution < -0.4 is 0 Å². The maximum Gasteiger partial charge on any atom is 0.293 e. The van der Waals surface area contributed by atoms with Crippen molar-refractivity contribution >= 4 is 39.9 Å². The smallest absolute Gasteiger partial charge is 0.293 e. The van der Waals surface area contributed by atoms with Gasteiger partial charge in [0.1, 0.15) is 0 Å². The number of amides is 2. The number of aryl methyl sites for hydroxylation is 1. The molecule has 0 unspecified atom stereocenters. The molecule has 1 aliphatic heterocycles. The first kappa shape index (κ1) is 14.9. The van der Waals surface area contributed by atoms with Gasteiger partial charge in [-0.15, -0.1) is 0 Å². The fraction of sp³-hybridized carbons (Fsp3) is 0.294. The largest absolute Gasteiger partial charge is 0.350 e. The summed E-state index contributed by atoms with van der Waals surface area (Å²) in [5.74, 6) is -0.170. The Bertz CT molecular complexity index is 776. The van der Waals surface area contributed by atoms with Crippen molar-refractivity contribution in [2.24, 2.45) is 7.05 Å². The van der Waals surface area contributed by atoms with Gasteiger partial charge in [-0.2, -0.15) is 0 Å². The van der Waals surface area contributed by atoms with Crippen LogP contribution in [0.5, 0.6) is 0 Å². The monoisotopic (exact) mass is 314 g/mol. The van der Waals surface area contributed by atoms with Crippen molar-refractivity contribution < 1.29 is 9.59 Å². The summed E-state index contributed by atoms with van der Waals surface area (Å²) < 4.78 is 2.03. The Kier molecular flexibility index (Phi) is 4.07. The topological polar surface area (TPSA) is 42.3 Å². The molecule has 0 bridgehead atoms. The number of hydrogen-bond donors (Lipinski definition) is 0. The zero-order valence-electron chi connectivity index (χ0n) is 12.7. The first-order valence-corrected chi connectivity index (χ1v) is 8.23. The molecule has 1 aliphatic rings. The number of nitrogens with zero attached hydrogens (tertiary/aromatic N) is 2. The van der Waals surface area contributed by atoms with E-state index in [-0.39, 0.29) is 11.1 Å². The molecule has 0 radical (unpaired) electrons. The third-order valence-corrected chi connectivity index (χ3v) is 4.73. The highest BCUT2D eigenvalue weighted by atomic mass is 32.2. The lowest BCUT2D eigenvalue weighted by Crippen LogP contribution is -2.29. The number of carbonyl (C=O) groups is 2. The van der Waals surface area contributed by atoms with Gasteiger partial charge in [-0.1, -0.05) is 31.5 Å². The number of fused-ring (bicyclic) bond motifs is 1. The van der Waals surface area contributed by atoms with Gasteiger partial charge >= 0.3 is 0 Å². The average molecular weight is 314 g/mol. The molecule has 4 nitrogen and oxygen atoms in total. The van der Waals surface area contributed by atoms with E-state index in [0.29, 0.717) is 11.4 Å². The van der Waals surface area contributed by atoms with E-state index < -0.39 is 0 Å². The van der Waals surface area contributed by atoms with Crippen molar-refractivity contribution in [1.29, 1.82) is 0 Å². The van der Waals surface area contributed by atoms with Crippen molar-refractivity contribution in [1.82, 2.24) is 9.47 Å². The van der Waals surface area contributed by atoms with E-state index in [2.05, 4.69) is 0 Å².